The first kappa shape index (κ1) is 15.5. The number of sulfone groups is 1. The quantitative estimate of drug-likeness (QED) is 0.547. The molecule has 3 nitrogen and oxygen atoms in total. The Morgan fingerprint density at radius 1 is 0.680 bits per heavy atom. The number of rotatable bonds is 2. The van der Waals surface area contributed by atoms with Crippen LogP contribution in [0.4, 0.5) is 0 Å². The third kappa shape index (κ3) is 2.61. The molecule has 122 valence electrons. The zero-order valence-electron chi connectivity index (χ0n) is 13.3. The van der Waals surface area contributed by atoms with Gasteiger partial charge in [-0.2, -0.15) is 0 Å². The third-order valence-electron chi connectivity index (χ3n) is 4.31. The molecule has 0 aliphatic carbocycles. The largest absolute Gasteiger partial charge is 0.300 e. The van der Waals surface area contributed by atoms with Gasteiger partial charge >= 0.3 is 0 Å². The number of benzene rings is 3. The van der Waals surface area contributed by atoms with Crippen LogP contribution in [0.2, 0.25) is 0 Å². The topological polar surface area (TPSA) is 58.0 Å². The fourth-order valence-electron chi connectivity index (χ4n) is 2.99. The first-order chi connectivity index (χ1) is 12.1. The van der Waals surface area contributed by atoms with Crippen molar-refractivity contribution in [2.24, 2.45) is 0 Å². The maximum atomic E-state index is 13.1. The van der Waals surface area contributed by atoms with Crippen LogP contribution in [0.25, 0.3) is 12.2 Å². The van der Waals surface area contributed by atoms with E-state index >= 15 is 0 Å². The lowest BCUT2D eigenvalue weighted by Gasteiger charge is -2.11. The van der Waals surface area contributed by atoms with Crippen molar-refractivity contribution in [3.8, 4) is 0 Å². The van der Waals surface area contributed by atoms with E-state index in [0.717, 1.165) is 5.56 Å². The summed E-state index contributed by atoms with van der Waals surface area (Å²) in [5, 5.41) is 8.40. The van der Waals surface area contributed by atoms with Crippen LogP contribution in [0.5, 0.6) is 0 Å². The molecule has 0 bridgehead atoms. The van der Waals surface area contributed by atoms with Gasteiger partial charge in [-0.25, -0.2) is 8.42 Å². The van der Waals surface area contributed by atoms with Gasteiger partial charge in [0.25, 0.3) is 0 Å². The smallest absolute Gasteiger partial charge is 0.207 e. The standard InChI is InChI=1S/C21H15NO2S/c22-21(17-7-2-1-3-8-17)18-13-12-16-11-10-15-6-4-5-9-19(15)25(23,24)20(16)14-18/h1-14,22H. The predicted octanol–water partition coefficient (Wildman–Crippen LogP) is 4.42. The fourth-order valence-corrected chi connectivity index (χ4v) is 4.66. The molecule has 4 heteroatoms. The molecular formula is C21H15NO2S. The van der Waals surface area contributed by atoms with Crippen LogP contribution >= 0.6 is 0 Å². The highest BCUT2D eigenvalue weighted by Crippen LogP contribution is 2.33. The van der Waals surface area contributed by atoms with Gasteiger partial charge in [-0.15, -0.1) is 0 Å². The molecule has 0 saturated heterocycles. The molecule has 0 saturated carbocycles. The molecular weight excluding hydrogens is 330 g/mol. The molecule has 0 aromatic heterocycles. The summed E-state index contributed by atoms with van der Waals surface area (Å²) >= 11 is 0. The van der Waals surface area contributed by atoms with Crippen molar-refractivity contribution in [3.63, 3.8) is 0 Å². The average molecular weight is 345 g/mol. The Morgan fingerprint density at radius 3 is 2.08 bits per heavy atom. The minimum atomic E-state index is -3.64. The Kier molecular flexibility index (Phi) is 3.62. The summed E-state index contributed by atoms with van der Waals surface area (Å²) in [6, 6.07) is 21.4. The Balaban J connectivity index is 1.89. The van der Waals surface area contributed by atoms with Crippen molar-refractivity contribution in [1.82, 2.24) is 0 Å². The van der Waals surface area contributed by atoms with Gasteiger partial charge in [0.05, 0.1) is 15.5 Å². The summed E-state index contributed by atoms with van der Waals surface area (Å²) in [6.07, 6.45) is 3.63. The van der Waals surface area contributed by atoms with Crippen LogP contribution < -0.4 is 0 Å². The van der Waals surface area contributed by atoms with Crippen LogP contribution in [0, 0.1) is 5.41 Å². The Morgan fingerprint density at radius 2 is 1.32 bits per heavy atom. The normalized spacial score (nSPS) is 14.2. The van der Waals surface area contributed by atoms with Gasteiger partial charge in [0.1, 0.15) is 0 Å². The van der Waals surface area contributed by atoms with Gasteiger partial charge in [-0.3, -0.25) is 5.41 Å². The van der Waals surface area contributed by atoms with Crippen LogP contribution in [-0.2, 0) is 9.84 Å². The molecule has 1 N–H and O–H groups in total. The molecule has 25 heavy (non-hydrogen) atoms. The average Bonchev–Trinajstić information content (AvgIpc) is 2.77. The van der Waals surface area contributed by atoms with Crippen molar-refractivity contribution >= 4 is 27.7 Å². The van der Waals surface area contributed by atoms with Crippen molar-refractivity contribution < 1.29 is 8.42 Å². The number of fused-ring (bicyclic) bond motifs is 2. The van der Waals surface area contributed by atoms with E-state index < -0.39 is 9.84 Å². The van der Waals surface area contributed by atoms with Gasteiger partial charge in [0, 0.05) is 5.56 Å². The summed E-state index contributed by atoms with van der Waals surface area (Å²) in [6.45, 7) is 0. The number of hydrogen-bond donors (Lipinski definition) is 1. The first-order valence-electron chi connectivity index (χ1n) is 7.88. The minimum Gasteiger partial charge on any atom is -0.300 e. The Labute approximate surface area is 146 Å². The molecule has 0 spiro atoms. The van der Waals surface area contributed by atoms with E-state index in [4.69, 9.17) is 5.41 Å². The fraction of sp³-hybridized carbons (Fsp3) is 0. The minimum absolute atomic E-state index is 0.242. The first-order valence-corrected chi connectivity index (χ1v) is 9.36. The maximum absolute atomic E-state index is 13.1. The molecule has 0 amide bonds. The molecule has 0 unspecified atom stereocenters. The molecule has 3 aromatic carbocycles. The zero-order valence-corrected chi connectivity index (χ0v) is 14.1. The van der Waals surface area contributed by atoms with Gasteiger partial charge in [0.2, 0.25) is 9.84 Å². The lowest BCUT2D eigenvalue weighted by molar-refractivity contribution is 0.596. The second kappa shape index (κ2) is 5.83. The van der Waals surface area contributed by atoms with Gasteiger partial charge < -0.3 is 0 Å². The molecule has 1 aliphatic rings. The van der Waals surface area contributed by atoms with E-state index in [1.54, 1.807) is 36.4 Å². The Bertz CT molecular complexity index is 1110. The molecule has 0 atom stereocenters. The monoisotopic (exact) mass is 345 g/mol. The molecule has 4 rings (SSSR count). The Hall–Kier alpha value is -2.98. The second-order valence-electron chi connectivity index (χ2n) is 5.87. The van der Waals surface area contributed by atoms with Gasteiger partial charge in [-0.1, -0.05) is 72.8 Å². The van der Waals surface area contributed by atoms with Crippen molar-refractivity contribution in [2.75, 3.05) is 0 Å². The van der Waals surface area contributed by atoms with Crippen LogP contribution in [0.3, 0.4) is 0 Å². The summed E-state index contributed by atoms with van der Waals surface area (Å²) < 4.78 is 26.2. The number of nitrogens with one attached hydrogen (secondary N) is 1. The van der Waals surface area contributed by atoms with Gasteiger partial charge in [-0.05, 0) is 28.8 Å². The van der Waals surface area contributed by atoms with Crippen LogP contribution in [-0.4, -0.2) is 14.1 Å². The molecule has 1 aliphatic heterocycles. The highest BCUT2D eigenvalue weighted by Gasteiger charge is 2.25. The highest BCUT2D eigenvalue weighted by atomic mass is 32.2. The lowest BCUT2D eigenvalue weighted by Crippen LogP contribution is -2.08. The van der Waals surface area contributed by atoms with Crippen molar-refractivity contribution in [3.05, 3.63) is 95.1 Å². The SMILES string of the molecule is N=C(c1ccccc1)c1ccc2c(c1)S(=O)(=O)c1ccccc1C=C2. The van der Waals surface area contributed by atoms with E-state index in [1.165, 1.54) is 0 Å². The van der Waals surface area contributed by atoms with E-state index in [-0.39, 0.29) is 4.90 Å². The van der Waals surface area contributed by atoms with E-state index in [1.807, 2.05) is 48.6 Å². The van der Waals surface area contributed by atoms with Crippen LogP contribution in [0.1, 0.15) is 22.3 Å². The summed E-state index contributed by atoms with van der Waals surface area (Å²) in [5.41, 5.74) is 2.96. The van der Waals surface area contributed by atoms with Crippen molar-refractivity contribution in [2.45, 2.75) is 9.79 Å². The summed E-state index contributed by atoms with van der Waals surface area (Å²) in [7, 11) is -3.64. The van der Waals surface area contributed by atoms with E-state index in [0.29, 0.717) is 27.3 Å². The third-order valence-corrected chi connectivity index (χ3v) is 6.19. The summed E-state index contributed by atoms with van der Waals surface area (Å²) in [5.74, 6) is 0. The predicted molar refractivity (Wildman–Crippen MR) is 99.6 cm³/mol. The molecule has 3 aromatic rings. The zero-order chi connectivity index (χ0) is 17.4. The van der Waals surface area contributed by atoms with Crippen LogP contribution in [0.15, 0.2) is 82.6 Å². The lowest BCUT2D eigenvalue weighted by atomic mass is 10.0. The molecule has 1 heterocycles. The van der Waals surface area contributed by atoms with E-state index in [9.17, 15) is 8.42 Å². The summed E-state index contributed by atoms with van der Waals surface area (Å²) in [4.78, 5) is 0.542. The maximum Gasteiger partial charge on any atom is 0.207 e. The van der Waals surface area contributed by atoms with Gasteiger partial charge in [0.15, 0.2) is 0 Å². The molecule has 0 fully saturated rings. The number of hydrogen-bond acceptors (Lipinski definition) is 3. The highest BCUT2D eigenvalue weighted by molar-refractivity contribution is 7.91. The van der Waals surface area contributed by atoms with Crippen molar-refractivity contribution in [1.29, 1.82) is 5.41 Å². The van der Waals surface area contributed by atoms with E-state index in [2.05, 4.69) is 0 Å². The molecule has 0 radical (unpaired) electrons. The second-order valence-corrected chi connectivity index (χ2v) is 7.75.